The molecule has 0 radical (unpaired) electrons. The largest absolute Gasteiger partial charge is 0.478 e. The average molecular weight is 309 g/mol. The zero-order valence-corrected chi connectivity index (χ0v) is 12.6. The molecule has 0 atom stereocenters. The lowest BCUT2D eigenvalue weighted by Crippen LogP contribution is -2.38. The van der Waals surface area contributed by atoms with E-state index in [-0.39, 0.29) is 23.0 Å². The Labute approximate surface area is 124 Å². The van der Waals surface area contributed by atoms with Gasteiger partial charge in [0.1, 0.15) is 0 Å². The van der Waals surface area contributed by atoms with Crippen molar-refractivity contribution in [1.29, 1.82) is 0 Å². The minimum Gasteiger partial charge on any atom is -0.478 e. The second-order valence-corrected chi connectivity index (χ2v) is 7.02. The van der Waals surface area contributed by atoms with Crippen LogP contribution in [0.2, 0.25) is 0 Å². The van der Waals surface area contributed by atoms with Crippen LogP contribution in [-0.2, 0) is 10.0 Å². The van der Waals surface area contributed by atoms with E-state index >= 15 is 0 Å². The smallest absolute Gasteiger partial charge is 0.335 e. The molecule has 0 heterocycles. The van der Waals surface area contributed by atoms with Crippen LogP contribution < -0.4 is 0 Å². The molecule has 6 heteroatoms. The van der Waals surface area contributed by atoms with Crippen LogP contribution in [-0.4, -0.2) is 36.4 Å². The first-order valence-corrected chi connectivity index (χ1v) is 8.37. The van der Waals surface area contributed by atoms with Gasteiger partial charge < -0.3 is 5.11 Å². The third kappa shape index (κ3) is 3.33. The van der Waals surface area contributed by atoms with E-state index in [9.17, 15) is 13.2 Å². The number of benzene rings is 1. The van der Waals surface area contributed by atoms with E-state index in [1.54, 1.807) is 6.08 Å². The van der Waals surface area contributed by atoms with Crippen molar-refractivity contribution >= 4 is 16.0 Å². The lowest BCUT2D eigenvalue weighted by molar-refractivity contribution is 0.0696. The van der Waals surface area contributed by atoms with Crippen LogP contribution in [0, 0.1) is 0 Å². The molecule has 0 aliphatic heterocycles. The Morgan fingerprint density at radius 1 is 1.29 bits per heavy atom. The molecule has 0 unspecified atom stereocenters. The van der Waals surface area contributed by atoms with E-state index in [1.807, 2.05) is 0 Å². The Balaban J connectivity index is 2.32. The summed E-state index contributed by atoms with van der Waals surface area (Å²) in [6.45, 7) is 3.90. The minimum atomic E-state index is -3.62. The van der Waals surface area contributed by atoms with Crippen molar-refractivity contribution in [3.63, 3.8) is 0 Å². The first-order valence-electron chi connectivity index (χ1n) is 6.93. The molecular formula is C15H19NO4S. The van der Waals surface area contributed by atoms with Crippen molar-refractivity contribution in [1.82, 2.24) is 4.31 Å². The number of carboxylic acids is 1. The number of aromatic carboxylic acids is 1. The molecule has 0 aromatic heterocycles. The maximum atomic E-state index is 12.7. The van der Waals surface area contributed by atoms with Gasteiger partial charge in [0.05, 0.1) is 10.5 Å². The van der Waals surface area contributed by atoms with Gasteiger partial charge in [0.15, 0.2) is 0 Å². The Hall–Kier alpha value is -1.66. The lowest BCUT2D eigenvalue weighted by atomic mass is 10.2. The summed E-state index contributed by atoms with van der Waals surface area (Å²) < 4.78 is 26.9. The van der Waals surface area contributed by atoms with Gasteiger partial charge in [-0.25, -0.2) is 13.2 Å². The molecule has 0 amide bonds. The Kier molecular flexibility index (Phi) is 4.80. The van der Waals surface area contributed by atoms with E-state index < -0.39 is 16.0 Å². The molecule has 1 N–H and O–H groups in total. The van der Waals surface area contributed by atoms with Gasteiger partial charge in [0, 0.05) is 12.6 Å². The Morgan fingerprint density at radius 3 is 2.33 bits per heavy atom. The Morgan fingerprint density at radius 2 is 1.86 bits per heavy atom. The van der Waals surface area contributed by atoms with Gasteiger partial charge in [-0.3, -0.25) is 0 Å². The summed E-state index contributed by atoms with van der Waals surface area (Å²) in [6, 6.07) is 5.34. The van der Waals surface area contributed by atoms with Crippen molar-refractivity contribution in [2.45, 2.75) is 36.6 Å². The summed E-state index contributed by atoms with van der Waals surface area (Å²) in [5, 5.41) is 8.87. The first-order chi connectivity index (χ1) is 9.96. The number of hydrogen-bond acceptors (Lipinski definition) is 3. The fourth-order valence-electron chi connectivity index (χ4n) is 2.67. The molecular weight excluding hydrogens is 290 g/mol. The molecule has 1 aromatic carbocycles. The van der Waals surface area contributed by atoms with Crippen molar-refractivity contribution in [3.05, 3.63) is 42.5 Å². The van der Waals surface area contributed by atoms with Gasteiger partial charge >= 0.3 is 5.97 Å². The standard InChI is InChI=1S/C15H19NO4S/c1-2-11-16(13-5-3-4-6-13)21(19,20)14-9-7-12(8-10-14)15(17)18/h2,7-10,13H,1,3-6,11H2,(H,17,18). The second-order valence-electron chi connectivity index (χ2n) is 5.13. The fourth-order valence-corrected chi connectivity index (χ4v) is 4.32. The molecule has 1 aliphatic carbocycles. The van der Waals surface area contributed by atoms with Gasteiger partial charge in [-0.05, 0) is 37.1 Å². The van der Waals surface area contributed by atoms with Crippen LogP contribution in [0.1, 0.15) is 36.0 Å². The fraction of sp³-hybridized carbons (Fsp3) is 0.400. The zero-order valence-electron chi connectivity index (χ0n) is 11.7. The van der Waals surface area contributed by atoms with Crippen LogP contribution in [0.5, 0.6) is 0 Å². The number of rotatable bonds is 6. The number of sulfonamides is 1. The molecule has 0 saturated heterocycles. The highest BCUT2D eigenvalue weighted by Crippen LogP contribution is 2.28. The molecule has 2 rings (SSSR count). The molecule has 1 fully saturated rings. The molecule has 0 spiro atoms. The quantitative estimate of drug-likeness (QED) is 0.819. The summed E-state index contributed by atoms with van der Waals surface area (Å²) in [7, 11) is -3.62. The summed E-state index contributed by atoms with van der Waals surface area (Å²) in [5.41, 5.74) is 0.0742. The van der Waals surface area contributed by atoms with Crippen LogP contribution in [0.25, 0.3) is 0 Å². The summed E-state index contributed by atoms with van der Waals surface area (Å²) >= 11 is 0. The summed E-state index contributed by atoms with van der Waals surface area (Å²) in [6.07, 6.45) is 5.37. The van der Waals surface area contributed by atoms with Gasteiger partial charge in [-0.15, -0.1) is 6.58 Å². The average Bonchev–Trinajstić information content (AvgIpc) is 2.98. The van der Waals surface area contributed by atoms with Gasteiger partial charge in [-0.1, -0.05) is 18.9 Å². The van der Waals surface area contributed by atoms with Crippen LogP contribution >= 0.6 is 0 Å². The highest BCUT2D eigenvalue weighted by atomic mass is 32.2. The summed E-state index contributed by atoms with van der Waals surface area (Å²) in [5.74, 6) is -1.07. The molecule has 0 bridgehead atoms. The van der Waals surface area contributed by atoms with Crippen molar-refractivity contribution in [2.75, 3.05) is 6.54 Å². The van der Waals surface area contributed by atoms with E-state index in [0.717, 1.165) is 25.7 Å². The predicted molar refractivity (Wildman–Crippen MR) is 79.7 cm³/mol. The van der Waals surface area contributed by atoms with Crippen molar-refractivity contribution in [2.24, 2.45) is 0 Å². The SMILES string of the molecule is C=CCN(C1CCCC1)S(=O)(=O)c1ccc(C(=O)O)cc1. The molecule has 1 aliphatic rings. The second kappa shape index (κ2) is 6.41. The van der Waals surface area contributed by atoms with E-state index in [1.165, 1.54) is 28.6 Å². The number of hydrogen-bond donors (Lipinski definition) is 1. The van der Waals surface area contributed by atoms with Crippen LogP contribution in [0.3, 0.4) is 0 Å². The third-order valence-electron chi connectivity index (χ3n) is 3.75. The zero-order chi connectivity index (χ0) is 15.5. The summed E-state index contributed by atoms with van der Waals surface area (Å²) in [4.78, 5) is 11.0. The van der Waals surface area contributed by atoms with Crippen molar-refractivity contribution < 1.29 is 18.3 Å². The lowest BCUT2D eigenvalue weighted by Gasteiger charge is -2.27. The topological polar surface area (TPSA) is 74.7 Å². The van der Waals surface area contributed by atoms with Gasteiger partial charge in [-0.2, -0.15) is 4.31 Å². The third-order valence-corrected chi connectivity index (χ3v) is 5.68. The van der Waals surface area contributed by atoms with Crippen LogP contribution in [0.15, 0.2) is 41.8 Å². The maximum Gasteiger partial charge on any atom is 0.335 e. The molecule has 114 valence electrons. The van der Waals surface area contributed by atoms with Crippen LogP contribution in [0.4, 0.5) is 0 Å². The molecule has 21 heavy (non-hydrogen) atoms. The van der Waals surface area contributed by atoms with E-state index in [4.69, 9.17) is 5.11 Å². The highest BCUT2D eigenvalue weighted by Gasteiger charge is 2.32. The number of carbonyl (C=O) groups is 1. The number of nitrogens with zero attached hydrogens (tertiary/aromatic N) is 1. The molecule has 1 aromatic rings. The minimum absolute atomic E-state index is 0.00662. The first kappa shape index (κ1) is 15.7. The molecule has 5 nitrogen and oxygen atoms in total. The number of carboxylic acid groups (broad SMARTS) is 1. The van der Waals surface area contributed by atoms with Gasteiger partial charge in [0.2, 0.25) is 10.0 Å². The monoisotopic (exact) mass is 309 g/mol. The highest BCUT2D eigenvalue weighted by molar-refractivity contribution is 7.89. The Bertz CT molecular complexity index is 616. The normalized spacial score (nSPS) is 16.2. The van der Waals surface area contributed by atoms with Gasteiger partial charge in [0.25, 0.3) is 0 Å². The predicted octanol–water partition coefficient (Wildman–Crippen LogP) is 2.50. The van der Waals surface area contributed by atoms with Crippen molar-refractivity contribution in [3.8, 4) is 0 Å². The van der Waals surface area contributed by atoms with E-state index in [2.05, 4.69) is 6.58 Å². The molecule has 1 saturated carbocycles. The maximum absolute atomic E-state index is 12.7. The van der Waals surface area contributed by atoms with E-state index in [0.29, 0.717) is 0 Å².